The average molecular weight is 350 g/mol. The smallest absolute Gasteiger partial charge is 0.193 e. The predicted octanol–water partition coefficient (Wildman–Crippen LogP) is 3.07. The van der Waals surface area contributed by atoms with Crippen molar-refractivity contribution in [2.45, 2.75) is 38.4 Å². The van der Waals surface area contributed by atoms with Crippen molar-refractivity contribution in [1.82, 2.24) is 15.2 Å². The Morgan fingerprint density at radius 2 is 2.25 bits per heavy atom. The van der Waals surface area contributed by atoms with Crippen molar-refractivity contribution in [1.29, 1.82) is 0 Å². The van der Waals surface area contributed by atoms with Crippen molar-refractivity contribution >= 4 is 23.5 Å². The second-order valence-electron chi connectivity index (χ2n) is 6.61. The van der Waals surface area contributed by atoms with Crippen LogP contribution in [0.25, 0.3) is 0 Å². The zero-order valence-electron chi connectivity index (χ0n) is 15.2. The largest absolute Gasteiger partial charge is 0.370 e. The van der Waals surface area contributed by atoms with Gasteiger partial charge in [0.25, 0.3) is 0 Å². The first-order chi connectivity index (χ1) is 11.6. The van der Waals surface area contributed by atoms with Crippen LogP contribution in [-0.2, 0) is 0 Å². The average Bonchev–Trinajstić information content (AvgIpc) is 2.57. The second kappa shape index (κ2) is 9.77. The molecule has 5 nitrogen and oxygen atoms in total. The van der Waals surface area contributed by atoms with Crippen LogP contribution < -0.4 is 10.6 Å². The normalized spacial score (nSPS) is 17.6. The first-order valence-electron chi connectivity index (χ1n) is 8.93. The molecule has 2 N–H and O–H groups in total. The van der Waals surface area contributed by atoms with E-state index in [-0.39, 0.29) is 0 Å². The minimum absolute atomic E-state index is 0.307. The standard InChI is InChI=1S/C18H31N5S/c1-4-19-17(23-13-14-24-18(2,3)15-23)22-12-8-7-11-21-16-9-5-6-10-20-16/h5-6,9-10H,4,7-8,11-15H2,1-3H3,(H,19,22)(H,20,21). The number of unbranched alkanes of at least 4 members (excludes halogenated alkanes) is 1. The first kappa shape index (κ1) is 18.9. The molecular formula is C18H31N5S. The summed E-state index contributed by atoms with van der Waals surface area (Å²) in [7, 11) is 0. The highest BCUT2D eigenvalue weighted by atomic mass is 32.2. The van der Waals surface area contributed by atoms with E-state index in [9.17, 15) is 0 Å². The third-order valence-corrected chi connectivity index (χ3v) is 5.17. The Labute approximate surface area is 150 Å². The number of aromatic nitrogens is 1. The highest BCUT2D eigenvalue weighted by molar-refractivity contribution is 8.00. The number of thioether (sulfide) groups is 1. The van der Waals surface area contributed by atoms with Crippen LogP contribution in [0.5, 0.6) is 0 Å². The Morgan fingerprint density at radius 1 is 1.38 bits per heavy atom. The van der Waals surface area contributed by atoms with Gasteiger partial charge in [-0.2, -0.15) is 11.8 Å². The Balaban J connectivity index is 1.72. The highest BCUT2D eigenvalue weighted by Crippen LogP contribution is 2.29. The lowest BCUT2D eigenvalue weighted by Crippen LogP contribution is -2.51. The maximum atomic E-state index is 4.83. The molecule has 0 atom stereocenters. The summed E-state index contributed by atoms with van der Waals surface area (Å²) in [5.74, 6) is 3.19. The molecule has 1 aromatic rings. The lowest BCUT2D eigenvalue weighted by molar-refractivity contribution is 0.375. The summed E-state index contributed by atoms with van der Waals surface area (Å²) in [5.41, 5.74) is 0. The maximum absolute atomic E-state index is 4.83. The molecule has 2 rings (SSSR count). The van der Waals surface area contributed by atoms with Gasteiger partial charge in [0.15, 0.2) is 5.96 Å². The Bertz CT molecular complexity index is 503. The van der Waals surface area contributed by atoms with Crippen molar-refractivity contribution in [3.8, 4) is 0 Å². The molecule has 134 valence electrons. The number of rotatable bonds is 7. The van der Waals surface area contributed by atoms with Gasteiger partial charge in [0.1, 0.15) is 5.82 Å². The minimum Gasteiger partial charge on any atom is -0.370 e. The van der Waals surface area contributed by atoms with Gasteiger partial charge in [0.2, 0.25) is 0 Å². The van der Waals surface area contributed by atoms with Crippen molar-refractivity contribution < 1.29 is 0 Å². The first-order valence-corrected chi connectivity index (χ1v) is 9.91. The van der Waals surface area contributed by atoms with E-state index in [0.29, 0.717) is 4.75 Å². The number of pyridine rings is 1. The molecule has 0 bridgehead atoms. The molecule has 0 saturated carbocycles. The van der Waals surface area contributed by atoms with Crippen LogP contribution in [0.2, 0.25) is 0 Å². The Morgan fingerprint density at radius 3 is 2.96 bits per heavy atom. The molecule has 0 unspecified atom stereocenters. The van der Waals surface area contributed by atoms with Crippen molar-refractivity contribution in [3.05, 3.63) is 24.4 Å². The predicted molar refractivity (Wildman–Crippen MR) is 106 cm³/mol. The van der Waals surface area contributed by atoms with E-state index in [2.05, 4.69) is 53.1 Å². The summed E-state index contributed by atoms with van der Waals surface area (Å²) >= 11 is 2.05. The Hall–Kier alpha value is -1.43. The molecule has 1 aliphatic rings. The highest BCUT2D eigenvalue weighted by Gasteiger charge is 2.28. The van der Waals surface area contributed by atoms with Crippen LogP contribution in [0.3, 0.4) is 0 Å². The van der Waals surface area contributed by atoms with Crippen LogP contribution in [0.4, 0.5) is 5.82 Å². The number of guanidine groups is 1. The summed E-state index contributed by atoms with van der Waals surface area (Å²) in [6.07, 6.45) is 4.00. The topological polar surface area (TPSA) is 52.6 Å². The molecule has 24 heavy (non-hydrogen) atoms. The maximum Gasteiger partial charge on any atom is 0.193 e. The van der Waals surface area contributed by atoms with E-state index in [1.165, 1.54) is 5.75 Å². The lowest BCUT2D eigenvalue weighted by Gasteiger charge is -2.39. The molecule has 0 spiro atoms. The van der Waals surface area contributed by atoms with Crippen LogP contribution >= 0.6 is 11.8 Å². The number of aliphatic imine (C=N–C) groups is 1. The number of nitrogens with zero attached hydrogens (tertiary/aromatic N) is 3. The molecule has 0 radical (unpaired) electrons. The molecule has 6 heteroatoms. The van der Waals surface area contributed by atoms with Crippen LogP contribution in [0.15, 0.2) is 29.4 Å². The molecule has 1 aliphatic heterocycles. The van der Waals surface area contributed by atoms with E-state index < -0.39 is 0 Å². The molecule has 0 aromatic carbocycles. The van der Waals surface area contributed by atoms with Crippen molar-refractivity contribution in [2.24, 2.45) is 4.99 Å². The molecule has 1 aromatic heterocycles. The monoisotopic (exact) mass is 349 g/mol. The van der Waals surface area contributed by atoms with Crippen molar-refractivity contribution in [2.75, 3.05) is 43.8 Å². The van der Waals surface area contributed by atoms with Gasteiger partial charge >= 0.3 is 0 Å². The van der Waals surface area contributed by atoms with Gasteiger partial charge in [0, 0.05) is 49.4 Å². The fourth-order valence-corrected chi connectivity index (χ4v) is 3.84. The summed E-state index contributed by atoms with van der Waals surface area (Å²) in [4.78, 5) is 11.5. The lowest BCUT2D eigenvalue weighted by atomic mass is 10.2. The molecular weight excluding hydrogens is 318 g/mol. The number of nitrogens with one attached hydrogen (secondary N) is 2. The molecule has 1 fully saturated rings. The van der Waals surface area contributed by atoms with Crippen LogP contribution in [0.1, 0.15) is 33.6 Å². The van der Waals surface area contributed by atoms with Gasteiger partial charge in [-0.3, -0.25) is 4.99 Å². The van der Waals surface area contributed by atoms with Gasteiger partial charge in [-0.05, 0) is 45.7 Å². The quantitative estimate of drug-likeness (QED) is 0.450. The van der Waals surface area contributed by atoms with Gasteiger partial charge in [-0.25, -0.2) is 4.98 Å². The number of anilines is 1. The summed E-state index contributed by atoms with van der Waals surface area (Å²) in [5, 5.41) is 6.79. The van der Waals surface area contributed by atoms with E-state index in [1.807, 2.05) is 24.4 Å². The fraction of sp³-hybridized carbons (Fsp3) is 0.667. The third-order valence-electron chi connectivity index (χ3n) is 3.88. The van der Waals surface area contributed by atoms with Gasteiger partial charge in [-0.1, -0.05) is 6.07 Å². The minimum atomic E-state index is 0.307. The van der Waals surface area contributed by atoms with Gasteiger partial charge in [0.05, 0.1) is 0 Å². The Kier molecular flexibility index (Phi) is 7.69. The summed E-state index contributed by atoms with van der Waals surface area (Å²) < 4.78 is 0.307. The molecule has 0 aliphatic carbocycles. The molecule has 1 saturated heterocycles. The number of hydrogen-bond donors (Lipinski definition) is 2. The zero-order chi connectivity index (χ0) is 17.3. The van der Waals surface area contributed by atoms with Gasteiger partial charge in [-0.15, -0.1) is 0 Å². The van der Waals surface area contributed by atoms with E-state index >= 15 is 0 Å². The summed E-state index contributed by atoms with van der Waals surface area (Å²) in [6, 6.07) is 5.93. The SMILES string of the molecule is CCNC(=NCCCCNc1ccccn1)N1CCSC(C)(C)C1. The van der Waals surface area contributed by atoms with Crippen molar-refractivity contribution in [3.63, 3.8) is 0 Å². The zero-order valence-corrected chi connectivity index (χ0v) is 16.0. The molecule has 0 amide bonds. The fourth-order valence-electron chi connectivity index (χ4n) is 2.73. The molecule has 2 heterocycles. The summed E-state index contributed by atoms with van der Waals surface area (Å²) in [6.45, 7) is 11.6. The van der Waals surface area contributed by atoms with E-state index in [1.54, 1.807) is 0 Å². The van der Waals surface area contributed by atoms with Gasteiger partial charge < -0.3 is 15.5 Å². The van der Waals surface area contributed by atoms with Crippen LogP contribution in [0, 0.1) is 0 Å². The van der Waals surface area contributed by atoms with Crippen LogP contribution in [-0.4, -0.2) is 59.1 Å². The van der Waals surface area contributed by atoms with E-state index in [4.69, 9.17) is 4.99 Å². The number of hydrogen-bond acceptors (Lipinski definition) is 4. The second-order valence-corrected chi connectivity index (χ2v) is 8.42. The third kappa shape index (κ3) is 6.59. The van der Waals surface area contributed by atoms with E-state index in [0.717, 1.165) is 57.3 Å².